The summed E-state index contributed by atoms with van der Waals surface area (Å²) in [6.07, 6.45) is 18.7. The fraction of sp³-hybridized carbons (Fsp3) is 0.220. The molecule has 218 valence electrons. The first kappa shape index (κ1) is 28.0. The number of rotatable bonds is 2. The number of hydrogen-bond donors (Lipinski definition) is 0. The fourth-order valence-electron chi connectivity index (χ4n) is 7.08. The average molecular weight is 575 g/mol. The molecule has 1 saturated heterocycles. The monoisotopic (exact) mass is 574 g/mol. The van der Waals surface area contributed by atoms with Crippen LogP contribution in [-0.2, 0) is 11.2 Å². The Morgan fingerprint density at radius 2 is 1.57 bits per heavy atom. The highest BCUT2D eigenvalue weighted by Crippen LogP contribution is 2.50. The van der Waals surface area contributed by atoms with Crippen molar-refractivity contribution in [2.75, 3.05) is 0 Å². The largest absolute Gasteiger partial charge is 0.461 e. The van der Waals surface area contributed by atoms with Gasteiger partial charge in [0, 0.05) is 28.5 Å². The second-order valence-corrected chi connectivity index (χ2v) is 11.6. The van der Waals surface area contributed by atoms with Crippen molar-refractivity contribution >= 4 is 28.3 Å². The summed E-state index contributed by atoms with van der Waals surface area (Å²) in [6.45, 7) is 8.62. The third-order valence-electron chi connectivity index (χ3n) is 9.04. The molecule has 4 aliphatic rings. The van der Waals surface area contributed by atoms with Gasteiger partial charge in [-0.05, 0) is 71.4 Å². The summed E-state index contributed by atoms with van der Waals surface area (Å²) >= 11 is 0. The van der Waals surface area contributed by atoms with Crippen molar-refractivity contribution in [1.82, 2.24) is 9.97 Å². The minimum atomic E-state index is 0.147. The molecule has 0 spiro atoms. The predicted octanol–water partition coefficient (Wildman–Crippen LogP) is 10.6. The highest BCUT2D eigenvalue weighted by atomic mass is 16.5. The van der Waals surface area contributed by atoms with Crippen molar-refractivity contribution in [3.8, 4) is 11.3 Å². The molecule has 4 aromatic rings. The first-order valence-corrected chi connectivity index (χ1v) is 16.0. The van der Waals surface area contributed by atoms with Gasteiger partial charge < -0.3 is 4.74 Å². The number of ether oxygens (including phenoxy) is 1. The lowest BCUT2D eigenvalue weighted by molar-refractivity contribution is 0.331. The molecule has 1 aromatic heterocycles. The molecular weight excluding hydrogens is 536 g/mol. The van der Waals surface area contributed by atoms with Crippen molar-refractivity contribution < 1.29 is 4.74 Å². The minimum absolute atomic E-state index is 0.147. The van der Waals surface area contributed by atoms with Gasteiger partial charge in [-0.25, -0.2) is 9.97 Å². The quantitative estimate of drug-likeness (QED) is 0.239. The van der Waals surface area contributed by atoms with E-state index in [0.29, 0.717) is 0 Å². The van der Waals surface area contributed by atoms with Gasteiger partial charge in [-0.1, -0.05) is 113 Å². The molecule has 3 aromatic carbocycles. The molecule has 2 heterocycles. The third-order valence-corrected chi connectivity index (χ3v) is 9.04. The lowest BCUT2D eigenvalue weighted by atomic mass is 9.77. The molecule has 0 N–H and O–H groups in total. The van der Waals surface area contributed by atoms with Gasteiger partial charge in [-0.2, -0.15) is 0 Å². The van der Waals surface area contributed by atoms with Crippen molar-refractivity contribution in [1.29, 1.82) is 0 Å². The maximum absolute atomic E-state index is 6.66. The third kappa shape index (κ3) is 4.77. The molecule has 3 heteroatoms. The fourth-order valence-corrected chi connectivity index (χ4v) is 7.08. The van der Waals surface area contributed by atoms with Crippen LogP contribution in [0.25, 0.3) is 39.5 Å². The summed E-state index contributed by atoms with van der Waals surface area (Å²) in [5, 5.41) is 0. The number of allylic oxidation sites excluding steroid dienone is 10. The lowest BCUT2D eigenvalue weighted by Crippen LogP contribution is -2.10. The summed E-state index contributed by atoms with van der Waals surface area (Å²) in [7, 11) is 0. The van der Waals surface area contributed by atoms with E-state index in [9.17, 15) is 0 Å². The second-order valence-electron chi connectivity index (χ2n) is 11.6. The molecule has 0 radical (unpaired) electrons. The number of benzene rings is 3. The first-order chi connectivity index (χ1) is 21.7. The summed E-state index contributed by atoms with van der Waals surface area (Å²) in [4.78, 5) is 10.5. The minimum Gasteiger partial charge on any atom is -0.461 e. The van der Waals surface area contributed by atoms with E-state index in [1.54, 1.807) is 0 Å². The van der Waals surface area contributed by atoms with Crippen LogP contribution in [0, 0.1) is 5.92 Å². The van der Waals surface area contributed by atoms with Gasteiger partial charge in [0.1, 0.15) is 11.5 Å². The van der Waals surface area contributed by atoms with Crippen LogP contribution in [0.5, 0.6) is 0 Å². The topological polar surface area (TPSA) is 35.0 Å². The van der Waals surface area contributed by atoms with Crippen LogP contribution >= 0.6 is 0 Å². The van der Waals surface area contributed by atoms with Gasteiger partial charge in [0.25, 0.3) is 0 Å². The average Bonchev–Trinajstić information content (AvgIpc) is 3.22. The molecule has 3 nitrogen and oxygen atoms in total. The van der Waals surface area contributed by atoms with E-state index >= 15 is 0 Å². The maximum atomic E-state index is 6.66. The van der Waals surface area contributed by atoms with Gasteiger partial charge in [0.05, 0.1) is 22.4 Å². The number of aromatic nitrogens is 2. The first-order valence-electron chi connectivity index (χ1n) is 16.0. The van der Waals surface area contributed by atoms with Gasteiger partial charge >= 0.3 is 0 Å². The lowest BCUT2D eigenvalue weighted by Gasteiger charge is -2.26. The van der Waals surface area contributed by atoms with Gasteiger partial charge in [0.15, 0.2) is 0 Å². The van der Waals surface area contributed by atoms with Crippen molar-refractivity contribution in [3.63, 3.8) is 0 Å². The Balaban J connectivity index is 0.00000153. The Bertz CT molecular complexity index is 1950. The van der Waals surface area contributed by atoms with Crippen LogP contribution in [0.2, 0.25) is 0 Å². The maximum Gasteiger partial charge on any atom is 0.127 e. The summed E-state index contributed by atoms with van der Waals surface area (Å²) < 4.78 is 6.66. The Morgan fingerprint density at radius 3 is 2.36 bits per heavy atom. The van der Waals surface area contributed by atoms with Crippen molar-refractivity contribution in [2.45, 2.75) is 52.9 Å². The summed E-state index contributed by atoms with van der Waals surface area (Å²) in [5.41, 5.74) is 13.9. The summed E-state index contributed by atoms with van der Waals surface area (Å²) in [6, 6.07) is 23.3. The van der Waals surface area contributed by atoms with E-state index in [1.807, 2.05) is 38.1 Å². The van der Waals surface area contributed by atoms with E-state index in [2.05, 4.69) is 98.8 Å². The zero-order valence-corrected chi connectivity index (χ0v) is 26.0. The SMILES string of the molecule is CC.CC1C2=C3CCC=C2O/C1=C/C(c1nc2ccccc2nc1-c1ccccc1)=C\C(C)c1c3ccc2c1CC=CC=C2. The highest BCUT2D eigenvalue weighted by molar-refractivity contribution is 5.89. The normalized spacial score (nSPS) is 22.2. The molecule has 0 saturated carbocycles. The number of nitrogens with zero attached hydrogens (tertiary/aromatic N) is 2. The van der Waals surface area contributed by atoms with E-state index < -0.39 is 0 Å². The smallest absolute Gasteiger partial charge is 0.127 e. The molecule has 2 unspecified atom stereocenters. The van der Waals surface area contributed by atoms with Crippen LogP contribution in [0.4, 0.5) is 0 Å². The van der Waals surface area contributed by atoms with Crippen LogP contribution in [0.3, 0.4) is 0 Å². The van der Waals surface area contributed by atoms with E-state index in [1.165, 1.54) is 33.4 Å². The molecule has 2 atom stereocenters. The molecule has 44 heavy (non-hydrogen) atoms. The van der Waals surface area contributed by atoms with E-state index in [-0.39, 0.29) is 11.8 Å². The van der Waals surface area contributed by atoms with Crippen molar-refractivity contribution in [3.05, 3.63) is 148 Å². The zero-order valence-electron chi connectivity index (χ0n) is 26.0. The standard InChI is InChI=1S/C39H32N2O.C2H6/c1-24-22-28(39-38(27-13-6-3-7-14-27)40-32-17-9-10-18-33(32)41-39)23-35-25(2)37-30(16-11-19-34(37)42-35)31-21-20-26-12-5-4-8-15-29(26)36(24)31;1-2/h3-10,12-14,17-25H,11,15-16H2,1-2H3;1-2H3/b28-22+,35-23+;. The molecule has 3 aliphatic carbocycles. The zero-order chi connectivity index (χ0) is 30.2. The van der Waals surface area contributed by atoms with Gasteiger partial charge in [-0.3, -0.25) is 0 Å². The second kappa shape index (κ2) is 11.7. The molecule has 2 bridgehead atoms. The predicted molar refractivity (Wildman–Crippen MR) is 184 cm³/mol. The van der Waals surface area contributed by atoms with Crippen LogP contribution in [0.1, 0.15) is 74.4 Å². The van der Waals surface area contributed by atoms with Crippen LogP contribution in [-0.4, -0.2) is 9.97 Å². The number of para-hydroxylation sites is 2. The Labute approximate surface area is 260 Å². The van der Waals surface area contributed by atoms with Gasteiger partial charge in [-0.15, -0.1) is 0 Å². The number of hydrogen-bond acceptors (Lipinski definition) is 3. The number of fused-ring (bicyclic) bond motifs is 6. The van der Waals surface area contributed by atoms with E-state index in [0.717, 1.165) is 64.3 Å². The van der Waals surface area contributed by atoms with Crippen LogP contribution in [0.15, 0.2) is 120 Å². The van der Waals surface area contributed by atoms with Crippen LogP contribution < -0.4 is 0 Å². The molecule has 1 fully saturated rings. The molecule has 1 aliphatic heterocycles. The Kier molecular flexibility index (Phi) is 7.47. The van der Waals surface area contributed by atoms with E-state index in [4.69, 9.17) is 14.7 Å². The molecule has 8 rings (SSSR count). The molecule has 0 amide bonds. The molecular formula is C41H38N2O. The summed E-state index contributed by atoms with van der Waals surface area (Å²) in [5.74, 6) is 2.31. The Hall–Kier alpha value is -4.76. The van der Waals surface area contributed by atoms with Crippen molar-refractivity contribution in [2.24, 2.45) is 5.92 Å². The highest BCUT2D eigenvalue weighted by Gasteiger charge is 2.36. The Morgan fingerprint density at radius 1 is 0.818 bits per heavy atom. The van der Waals surface area contributed by atoms with Gasteiger partial charge in [0.2, 0.25) is 0 Å².